The number of hydrogen-bond donors (Lipinski definition) is 1. The molecule has 0 atom stereocenters. The summed E-state index contributed by atoms with van der Waals surface area (Å²) in [5, 5.41) is 8.78. The van der Waals surface area contributed by atoms with Crippen molar-refractivity contribution in [3.8, 4) is 0 Å². The molecule has 1 amide bonds. The van der Waals surface area contributed by atoms with Crippen LogP contribution in [0.3, 0.4) is 0 Å². The number of carboxylic acid groups (broad SMARTS) is 1. The van der Waals surface area contributed by atoms with Crippen molar-refractivity contribution < 1.29 is 14.7 Å². The monoisotopic (exact) mass is 266 g/mol. The van der Waals surface area contributed by atoms with Gasteiger partial charge >= 0.3 is 5.97 Å². The molecule has 0 radical (unpaired) electrons. The van der Waals surface area contributed by atoms with E-state index in [1.54, 1.807) is 19.0 Å². The zero-order valence-corrected chi connectivity index (χ0v) is 11.3. The van der Waals surface area contributed by atoms with Crippen molar-refractivity contribution in [1.82, 2.24) is 14.9 Å². The number of amides is 1. The van der Waals surface area contributed by atoms with Crippen LogP contribution < -0.4 is 4.90 Å². The lowest BCUT2D eigenvalue weighted by atomic mass is 10.3. The third-order valence-electron chi connectivity index (χ3n) is 2.49. The summed E-state index contributed by atoms with van der Waals surface area (Å²) in [4.78, 5) is 33.6. The number of hydrogen-bond acceptors (Lipinski definition) is 5. The van der Waals surface area contributed by atoms with Gasteiger partial charge in [-0.05, 0) is 6.42 Å². The van der Waals surface area contributed by atoms with Crippen LogP contribution in [-0.4, -0.2) is 59.0 Å². The number of anilines is 1. The number of carbonyl (C=O) groups is 2. The zero-order chi connectivity index (χ0) is 14.4. The highest BCUT2D eigenvalue weighted by Crippen LogP contribution is 2.08. The molecule has 1 aromatic rings. The first-order chi connectivity index (χ1) is 8.95. The Kier molecular flexibility index (Phi) is 5.23. The second-order valence-corrected chi connectivity index (χ2v) is 4.29. The molecule has 0 aliphatic heterocycles. The molecular weight excluding hydrogens is 248 g/mol. The molecule has 0 aromatic carbocycles. The maximum Gasteiger partial charge on any atom is 0.338 e. The molecule has 7 nitrogen and oxygen atoms in total. The number of likely N-dealkylation sites (N-methyl/N-ethyl adjacent to an activating group) is 1. The fourth-order valence-electron chi connectivity index (χ4n) is 1.42. The summed E-state index contributed by atoms with van der Waals surface area (Å²) in [5.41, 5.74) is 0.0270. The normalized spacial score (nSPS) is 10.1. The lowest BCUT2D eigenvalue weighted by Gasteiger charge is -2.23. The van der Waals surface area contributed by atoms with E-state index in [9.17, 15) is 9.59 Å². The second kappa shape index (κ2) is 6.67. The van der Waals surface area contributed by atoms with Crippen molar-refractivity contribution in [3.05, 3.63) is 18.0 Å². The number of carbonyl (C=O) groups excluding carboxylic acids is 1. The third kappa shape index (κ3) is 4.20. The van der Waals surface area contributed by atoms with Gasteiger partial charge in [0.2, 0.25) is 11.9 Å². The smallest absolute Gasteiger partial charge is 0.338 e. The first-order valence-electron chi connectivity index (χ1n) is 5.96. The Labute approximate surface area is 111 Å². The number of carboxylic acids is 1. The Hall–Kier alpha value is -2.18. The van der Waals surface area contributed by atoms with Gasteiger partial charge in [-0.25, -0.2) is 14.8 Å². The Morgan fingerprint density at radius 2 is 1.84 bits per heavy atom. The largest absolute Gasteiger partial charge is 0.478 e. The third-order valence-corrected chi connectivity index (χ3v) is 2.49. The molecule has 0 fully saturated rings. The van der Waals surface area contributed by atoms with Gasteiger partial charge in [0.15, 0.2) is 0 Å². The topological polar surface area (TPSA) is 86.6 Å². The molecule has 0 aliphatic rings. The van der Waals surface area contributed by atoms with E-state index in [1.165, 1.54) is 17.3 Å². The number of nitrogens with zero attached hydrogens (tertiary/aromatic N) is 4. The Morgan fingerprint density at radius 1 is 1.26 bits per heavy atom. The highest BCUT2D eigenvalue weighted by molar-refractivity contribution is 5.87. The molecule has 0 saturated carbocycles. The maximum absolute atomic E-state index is 11.7. The van der Waals surface area contributed by atoms with Crippen LogP contribution in [0.2, 0.25) is 0 Å². The fourth-order valence-corrected chi connectivity index (χ4v) is 1.42. The van der Waals surface area contributed by atoms with Crippen molar-refractivity contribution in [2.24, 2.45) is 0 Å². The summed E-state index contributed by atoms with van der Waals surface area (Å²) >= 11 is 0. The Balaban J connectivity index is 2.86. The first kappa shape index (κ1) is 14.9. The molecule has 104 valence electrons. The van der Waals surface area contributed by atoms with Crippen LogP contribution in [0.15, 0.2) is 12.4 Å². The standard InChI is InChI=1S/C12H18N4O3/c1-4-5-16(8-10(17)15(2)3)12-13-6-9(7-14-12)11(18)19/h6-7H,4-5,8H2,1-3H3,(H,18,19). The predicted molar refractivity (Wildman–Crippen MR) is 70.2 cm³/mol. The van der Waals surface area contributed by atoms with Crippen LogP contribution in [0.5, 0.6) is 0 Å². The minimum atomic E-state index is -1.07. The molecule has 0 saturated heterocycles. The predicted octanol–water partition coefficient (Wildman–Crippen LogP) is 0.479. The Bertz CT molecular complexity index is 445. The van der Waals surface area contributed by atoms with E-state index in [4.69, 9.17) is 5.11 Å². The van der Waals surface area contributed by atoms with Crippen molar-refractivity contribution >= 4 is 17.8 Å². The quantitative estimate of drug-likeness (QED) is 0.806. The van der Waals surface area contributed by atoms with Gasteiger partial charge in [-0.3, -0.25) is 4.79 Å². The lowest BCUT2D eigenvalue weighted by molar-refractivity contribution is -0.127. The van der Waals surface area contributed by atoms with E-state index in [2.05, 4.69) is 9.97 Å². The summed E-state index contributed by atoms with van der Waals surface area (Å²) in [6.07, 6.45) is 3.33. The molecule has 1 aromatic heterocycles. The van der Waals surface area contributed by atoms with Gasteiger partial charge in [-0.1, -0.05) is 6.92 Å². The zero-order valence-electron chi connectivity index (χ0n) is 11.3. The van der Waals surface area contributed by atoms with Crippen LogP contribution in [0.25, 0.3) is 0 Å². The van der Waals surface area contributed by atoms with E-state index >= 15 is 0 Å². The first-order valence-corrected chi connectivity index (χ1v) is 5.96. The van der Waals surface area contributed by atoms with Crippen molar-refractivity contribution in [3.63, 3.8) is 0 Å². The summed E-state index contributed by atoms with van der Waals surface area (Å²) < 4.78 is 0. The van der Waals surface area contributed by atoms with Crippen LogP contribution in [0.1, 0.15) is 23.7 Å². The van der Waals surface area contributed by atoms with Crippen molar-refractivity contribution in [2.45, 2.75) is 13.3 Å². The highest BCUT2D eigenvalue weighted by Gasteiger charge is 2.15. The minimum Gasteiger partial charge on any atom is -0.478 e. The average molecular weight is 266 g/mol. The Morgan fingerprint density at radius 3 is 2.26 bits per heavy atom. The fraction of sp³-hybridized carbons (Fsp3) is 0.500. The van der Waals surface area contributed by atoms with Crippen molar-refractivity contribution in [1.29, 1.82) is 0 Å². The molecule has 0 aliphatic carbocycles. The van der Waals surface area contributed by atoms with Gasteiger partial charge in [0.1, 0.15) is 0 Å². The van der Waals surface area contributed by atoms with Gasteiger partial charge in [-0.15, -0.1) is 0 Å². The maximum atomic E-state index is 11.7. The van der Waals surface area contributed by atoms with Crippen LogP contribution in [-0.2, 0) is 4.79 Å². The number of aromatic carboxylic acids is 1. The molecule has 19 heavy (non-hydrogen) atoms. The summed E-state index contributed by atoms with van der Waals surface area (Å²) in [5.74, 6) is -0.764. The van der Waals surface area contributed by atoms with Crippen molar-refractivity contribution in [2.75, 3.05) is 32.1 Å². The van der Waals surface area contributed by atoms with Gasteiger partial charge in [0.05, 0.1) is 12.1 Å². The lowest BCUT2D eigenvalue weighted by Crippen LogP contribution is -2.38. The van der Waals surface area contributed by atoms with E-state index in [0.717, 1.165) is 6.42 Å². The second-order valence-electron chi connectivity index (χ2n) is 4.29. The molecule has 1 N–H and O–H groups in total. The molecule has 0 spiro atoms. The molecule has 0 unspecified atom stereocenters. The minimum absolute atomic E-state index is 0.0270. The molecule has 7 heteroatoms. The van der Waals surface area contributed by atoms with Crippen LogP contribution in [0.4, 0.5) is 5.95 Å². The number of aromatic nitrogens is 2. The van der Waals surface area contributed by atoms with Gasteiger partial charge in [0, 0.05) is 33.0 Å². The molecule has 1 rings (SSSR count). The van der Waals surface area contributed by atoms with E-state index in [1.807, 2.05) is 6.92 Å². The van der Waals surface area contributed by atoms with Crippen LogP contribution in [0, 0.1) is 0 Å². The molecule has 1 heterocycles. The van der Waals surface area contributed by atoms with Gasteiger partial charge in [-0.2, -0.15) is 0 Å². The summed E-state index contributed by atoms with van der Waals surface area (Å²) in [7, 11) is 3.36. The molecular formula is C12H18N4O3. The van der Waals surface area contributed by atoms with Crippen LogP contribution >= 0.6 is 0 Å². The average Bonchev–Trinajstić information content (AvgIpc) is 2.38. The molecule has 0 bridgehead atoms. The SMILES string of the molecule is CCCN(CC(=O)N(C)C)c1ncc(C(=O)O)cn1. The van der Waals surface area contributed by atoms with Gasteiger partial charge < -0.3 is 14.9 Å². The van der Waals surface area contributed by atoms with Gasteiger partial charge in [0.25, 0.3) is 0 Å². The van der Waals surface area contributed by atoms with E-state index < -0.39 is 5.97 Å². The van der Waals surface area contributed by atoms with E-state index in [0.29, 0.717) is 12.5 Å². The number of rotatable bonds is 6. The summed E-state index contributed by atoms with van der Waals surface area (Å²) in [6, 6.07) is 0. The summed E-state index contributed by atoms with van der Waals surface area (Å²) in [6.45, 7) is 2.79. The van der Waals surface area contributed by atoms with E-state index in [-0.39, 0.29) is 18.0 Å². The highest BCUT2D eigenvalue weighted by atomic mass is 16.4.